The van der Waals surface area contributed by atoms with E-state index >= 15 is 0 Å². The van der Waals surface area contributed by atoms with E-state index in [0.717, 1.165) is 22.1 Å². The molecule has 0 fully saturated rings. The summed E-state index contributed by atoms with van der Waals surface area (Å²) in [5, 5.41) is 12.8. The minimum absolute atomic E-state index is 0.620. The number of aromatic nitrogens is 5. The summed E-state index contributed by atoms with van der Waals surface area (Å²) in [7, 11) is 0. The number of rotatable bonds is 5. The molecule has 6 nitrogen and oxygen atoms in total. The minimum atomic E-state index is 0.620. The number of thioether (sulfide) groups is 1. The molecule has 0 amide bonds. The van der Waals surface area contributed by atoms with Crippen LogP contribution in [0.25, 0.3) is 17.1 Å². The predicted octanol–water partition coefficient (Wildman–Crippen LogP) is 4.23. The Morgan fingerprint density at radius 3 is 2.69 bits per heavy atom. The third-order valence-corrected chi connectivity index (χ3v) is 5.05. The van der Waals surface area contributed by atoms with Crippen LogP contribution in [-0.2, 0) is 5.75 Å². The van der Waals surface area contributed by atoms with Crippen LogP contribution < -0.4 is 0 Å². The van der Waals surface area contributed by atoms with Crippen molar-refractivity contribution in [3.8, 4) is 17.1 Å². The Balaban J connectivity index is 1.50. The van der Waals surface area contributed by atoms with Gasteiger partial charge in [0.2, 0.25) is 11.0 Å². The third kappa shape index (κ3) is 3.39. The van der Waals surface area contributed by atoms with Gasteiger partial charge < -0.3 is 4.42 Å². The Hall–Kier alpha value is -2.93. The number of benzene rings is 2. The van der Waals surface area contributed by atoms with Gasteiger partial charge in [-0.25, -0.2) is 4.98 Å². The number of hydrogen-bond acceptors (Lipinski definition) is 6. The molecule has 7 heteroatoms. The number of aryl methyl sites for hydroxylation is 2. The highest BCUT2D eigenvalue weighted by Gasteiger charge is 2.12. The van der Waals surface area contributed by atoms with Crippen molar-refractivity contribution in [1.82, 2.24) is 25.2 Å². The van der Waals surface area contributed by atoms with Crippen molar-refractivity contribution >= 4 is 11.8 Å². The van der Waals surface area contributed by atoms with Gasteiger partial charge in [-0.3, -0.25) is 0 Å². The first-order chi connectivity index (χ1) is 12.7. The largest absolute Gasteiger partial charge is 0.444 e. The maximum absolute atomic E-state index is 5.58. The fourth-order valence-corrected chi connectivity index (χ4v) is 3.28. The number of tetrazole rings is 1. The number of hydrogen-bond donors (Lipinski definition) is 0. The molecular weight excluding hydrogens is 346 g/mol. The van der Waals surface area contributed by atoms with E-state index in [1.807, 2.05) is 36.4 Å². The first-order valence-corrected chi connectivity index (χ1v) is 9.18. The standard InChI is InChI=1S/C19H17N5OS/c1-13-8-9-17(10-14(13)2)24-19(21-22-23-24)26-12-16-11-25-18(20-16)15-6-4-3-5-7-15/h3-11H,12H2,1-2H3. The maximum Gasteiger partial charge on any atom is 0.226 e. The molecule has 4 aromatic rings. The molecule has 0 atom stereocenters. The quantitative estimate of drug-likeness (QED) is 0.494. The lowest BCUT2D eigenvalue weighted by atomic mass is 10.1. The average Bonchev–Trinajstić information content (AvgIpc) is 3.32. The predicted molar refractivity (Wildman–Crippen MR) is 100 cm³/mol. The number of oxazole rings is 1. The second-order valence-electron chi connectivity index (χ2n) is 5.94. The van der Waals surface area contributed by atoms with E-state index in [1.165, 1.54) is 22.9 Å². The fourth-order valence-electron chi connectivity index (χ4n) is 2.51. The van der Waals surface area contributed by atoms with Crippen LogP contribution in [0, 0.1) is 13.8 Å². The minimum Gasteiger partial charge on any atom is -0.444 e. The second kappa shape index (κ2) is 7.13. The van der Waals surface area contributed by atoms with E-state index in [1.54, 1.807) is 10.9 Å². The van der Waals surface area contributed by atoms with Gasteiger partial charge in [-0.05, 0) is 59.7 Å². The fraction of sp³-hybridized carbons (Fsp3) is 0.158. The average molecular weight is 363 g/mol. The molecule has 0 saturated heterocycles. The van der Waals surface area contributed by atoms with Gasteiger partial charge in [-0.1, -0.05) is 36.0 Å². The molecule has 2 heterocycles. The van der Waals surface area contributed by atoms with Gasteiger partial charge in [0, 0.05) is 11.3 Å². The van der Waals surface area contributed by atoms with Gasteiger partial charge in [-0.15, -0.1) is 5.10 Å². The lowest BCUT2D eigenvalue weighted by Gasteiger charge is -2.06. The molecular formula is C19H17N5OS. The SMILES string of the molecule is Cc1ccc(-n2nnnc2SCc2coc(-c3ccccc3)n2)cc1C. The Morgan fingerprint density at radius 2 is 1.88 bits per heavy atom. The Bertz CT molecular complexity index is 1030. The van der Waals surface area contributed by atoms with E-state index < -0.39 is 0 Å². The lowest BCUT2D eigenvalue weighted by molar-refractivity contribution is 0.573. The molecule has 26 heavy (non-hydrogen) atoms. The van der Waals surface area contributed by atoms with E-state index in [4.69, 9.17) is 4.42 Å². The zero-order valence-electron chi connectivity index (χ0n) is 14.5. The van der Waals surface area contributed by atoms with E-state index in [9.17, 15) is 0 Å². The normalized spacial score (nSPS) is 11.0. The van der Waals surface area contributed by atoms with E-state index in [0.29, 0.717) is 11.6 Å². The van der Waals surface area contributed by atoms with Gasteiger partial charge in [-0.2, -0.15) is 4.68 Å². The second-order valence-corrected chi connectivity index (χ2v) is 6.88. The van der Waals surface area contributed by atoms with Crippen LogP contribution >= 0.6 is 11.8 Å². The summed E-state index contributed by atoms with van der Waals surface area (Å²) in [5.41, 5.74) is 5.21. The summed E-state index contributed by atoms with van der Waals surface area (Å²) >= 11 is 1.52. The molecule has 0 unspecified atom stereocenters. The molecule has 0 aliphatic carbocycles. The van der Waals surface area contributed by atoms with Crippen LogP contribution in [0.4, 0.5) is 0 Å². The highest BCUT2D eigenvalue weighted by Crippen LogP contribution is 2.25. The summed E-state index contributed by atoms with van der Waals surface area (Å²) in [4.78, 5) is 4.54. The molecule has 130 valence electrons. The van der Waals surface area contributed by atoms with E-state index in [2.05, 4.69) is 46.5 Å². The summed E-state index contributed by atoms with van der Waals surface area (Å²) < 4.78 is 7.33. The highest BCUT2D eigenvalue weighted by atomic mass is 32.2. The zero-order chi connectivity index (χ0) is 17.9. The van der Waals surface area contributed by atoms with Crippen LogP contribution in [0.5, 0.6) is 0 Å². The molecule has 0 N–H and O–H groups in total. The molecule has 0 aliphatic heterocycles. The summed E-state index contributed by atoms with van der Waals surface area (Å²) in [6, 6.07) is 16.0. The third-order valence-electron chi connectivity index (χ3n) is 4.10. The van der Waals surface area contributed by atoms with E-state index in [-0.39, 0.29) is 0 Å². The van der Waals surface area contributed by atoms with Gasteiger partial charge >= 0.3 is 0 Å². The van der Waals surface area contributed by atoms with Crippen LogP contribution in [0.15, 0.2) is 64.4 Å². The highest BCUT2D eigenvalue weighted by molar-refractivity contribution is 7.98. The molecule has 4 rings (SSSR count). The first kappa shape index (κ1) is 16.5. The monoisotopic (exact) mass is 363 g/mol. The summed E-state index contributed by atoms with van der Waals surface area (Å²) in [6.07, 6.45) is 1.68. The molecule has 0 spiro atoms. The topological polar surface area (TPSA) is 69.6 Å². The molecule has 0 aliphatic rings. The van der Waals surface area contributed by atoms with Gasteiger partial charge in [0.1, 0.15) is 6.26 Å². The molecule has 2 aromatic heterocycles. The Labute approximate surface area is 155 Å². The van der Waals surface area contributed by atoms with Gasteiger partial charge in [0.15, 0.2) is 0 Å². The van der Waals surface area contributed by atoms with Crippen molar-refractivity contribution in [3.05, 3.63) is 71.6 Å². The van der Waals surface area contributed by atoms with Gasteiger partial charge in [0.05, 0.1) is 11.4 Å². The van der Waals surface area contributed by atoms with Crippen molar-refractivity contribution in [1.29, 1.82) is 0 Å². The van der Waals surface area contributed by atoms with Gasteiger partial charge in [0.25, 0.3) is 0 Å². The van der Waals surface area contributed by atoms with Crippen molar-refractivity contribution < 1.29 is 4.42 Å². The van der Waals surface area contributed by atoms with Crippen molar-refractivity contribution in [2.45, 2.75) is 24.8 Å². The summed E-state index contributed by atoms with van der Waals surface area (Å²) in [5.74, 6) is 1.25. The maximum atomic E-state index is 5.58. The zero-order valence-corrected chi connectivity index (χ0v) is 15.3. The smallest absolute Gasteiger partial charge is 0.226 e. The Kier molecular flexibility index (Phi) is 4.53. The Morgan fingerprint density at radius 1 is 1.04 bits per heavy atom. The van der Waals surface area contributed by atoms with Crippen LogP contribution in [0.1, 0.15) is 16.8 Å². The van der Waals surface area contributed by atoms with Crippen molar-refractivity contribution in [2.75, 3.05) is 0 Å². The van der Waals surface area contributed by atoms with Crippen molar-refractivity contribution in [2.24, 2.45) is 0 Å². The van der Waals surface area contributed by atoms with Crippen molar-refractivity contribution in [3.63, 3.8) is 0 Å². The first-order valence-electron chi connectivity index (χ1n) is 8.19. The molecule has 0 radical (unpaired) electrons. The van der Waals surface area contributed by atoms with Crippen LogP contribution in [0.2, 0.25) is 0 Å². The summed E-state index contributed by atoms with van der Waals surface area (Å²) in [6.45, 7) is 4.17. The molecule has 2 aromatic carbocycles. The molecule has 0 bridgehead atoms. The number of nitrogens with zero attached hydrogens (tertiary/aromatic N) is 5. The van der Waals surface area contributed by atoms with Crippen LogP contribution in [0.3, 0.4) is 0 Å². The van der Waals surface area contributed by atoms with Crippen LogP contribution in [-0.4, -0.2) is 25.2 Å². The lowest BCUT2D eigenvalue weighted by Crippen LogP contribution is -2.00. The molecule has 0 saturated carbocycles.